The Kier molecular flexibility index (Phi) is 2.62. The summed E-state index contributed by atoms with van der Waals surface area (Å²) >= 11 is 5.35. The van der Waals surface area contributed by atoms with E-state index in [4.69, 9.17) is 21.8 Å². The van der Waals surface area contributed by atoms with E-state index in [0.29, 0.717) is 6.07 Å². The molecule has 0 bridgehead atoms. The molecule has 0 spiro atoms. The predicted octanol–water partition coefficient (Wildman–Crippen LogP) is 2.22. The van der Waals surface area contributed by atoms with Gasteiger partial charge in [-0.15, -0.1) is 0 Å². The van der Waals surface area contributed by atoms with Gasteiger partial charge in [0.25, 0.3) is 0 Å². The van der Waals surface area contributed by atoms with Crippen molar-refractivity contribution >= 4 is 17.6 Å². The second kappa shape index (κ2) is 3.42. The molecular weight excluding hydrogens is 218 g/mol. The summed E-state index contributed by atoms with van der Waals surface area (Å²) in [7, 11) is 0. The molecule has 0 atom stereocenters. The number of hydrogen-bond acceptors (Lipinski definition) is 2. The average Bonchev–Trinajstić information content (AvgIpc) is 2.09. The van der Waals surface area contributed by atoms with Crippen molar-refractivity contribution in [1.29, 1.82) is 0 Å². The normalized spacial score (nSPS) is 11.4. The maximum atomic E-state index is 12.9. The van der Waals surface area contributed by atoms with E-state index < -0.39 is 17.5 Å². The fraction of sp³-hybridized carbons (Fsp3) is 0.125. The lowest BCUT2D eigenvalue weighted by atomic mass is 10.1. The Morgan fingerprint density at radius 3 is 2.43 bits per heavy atom. The molecule has 1 rings (SSSR count). The number of benzene rings is 1. The van der Waals surface area contributed by atoms with Crippen LogP contribution in [-0.4, -0.2) is 16.2 Å². The average molecular weight is 223 g/mol. The summed E-state index contributed by atoms with van der Waals surface area (Å²) in [5.41, 5.74) is -0.771. The lowest BCUT2D eigenvalue weighted by molar-refractivity contribution is -0.166. The molecule has 1 aromatic carbocycles. The van der Waals surface area contributed by atoms with Gasteiger partial charge in [0.1, 0.15) is 5.75 Å². The van der Waals surface area contributed by atoms with Gasteiger partial charge in [-0.3, -0.25) is 0 Å². The molecule has 0 radical (unpaired) electrons. The van der Waals surface area contributed by atoms with Gasteiger partial charge in [0.15, 0.2) is 0 Å². The van der Waals surface area contributed by atoms with Crippen LogP contribution in [-0.2, 0) is 10.7 Å². The van der Waals surface area contributed by atoms with Crippen LogP contribution in [0.5, 0.6) is 5.75 Å². The maximum absolute atomic E-state index is 12.9. The maximum Gasteiger partial charge on any atom is 0.379 e. The minimum absolute atomic E-state index is 0.316. The molecule has 0 saturated carbocycles. The summed E-state index contributed by atoms with van der Waals surface area (Å²) in [4.78, 5) is 10.2. The molecule has 2 N–H and O–H groups in total. The monoisotopic (exact) mass is 222 g/mol. The van der Waals surface area contributed by atoms with Crippen LogP contribution in [0.2, 0.25) is 5.02 Å². The molecule has 0 fully saturated rings. The van der Waals surface area contributed by atoms with E-state index in [1.165, 1.54) is 0 Å². The van der Waals surface area contributed by atoms with Crippen molar-refractivity contribution in [3.8, 4) is 5.75 Å². The second-order valence-corrected chi connectivity index (χ2v) is 2.95. The Labute approximate surface area is 82.5 Å². The van der Waals surface area contributed by atoms with Crippen LogP contribution in [0.1, 0.15) is 5.56 Å². The minimum Gasteiger partial charge on any atom is -0.506 e. The first-order valence-corrected chi connectivity index (χ1v) is 3.83. The summed E-state index contributed by atoms with van der Waals surface area (Å²) in [6.07, 6.45) is 0. The van der Waals surface area contributed by atoms with Gasteiger partial charge in [-0.2, -0.15) is 8.78 Å². The van der Waals surface area contributed by atoms with Gasteiger partial charge in [0.2, 0.25) is 0 Å². The molecule has 1 aromatic rings. The summed E-state index contributed by atoms with van der Waals surface area (Å²) in [5, 5.41) is 16.8. The number of carboxylic acid groups (broad SMARTS) is 1. The number of aliphatic carboxylic acids is 1. The lowest BCUT2D eigenvalue weighted by Crippen LogP contribution is -2.25. The fourth-order valence-corrected chi connectivity index (χ4v) is 1.01. The largest absolute Gasteiger partial charge is 0.506 e. The summed E-state index contributed by atoms with van der Waals surface area (Å²) in [6, 6.07) is 2.43. The molecule has 6 heteroatoms. The number of aromatic hydroxyl groups is 1. The first-order chi connectivity index (χ1) is 6.35. The van der Waals surface area contributed by atoms with Gasteiger partial charge in [0, 0.05) is 5.56 Å². The highest BCUT2D eigenvalue weighted by atomic mass is 35.5. The number of phenols is 1. The van der Waals surface area contributed by atoms with Crippen molar-refractivity contribution in [3.63, 3.8) is 0 Å². The van der Waals surface area contributed by atoms with E-state index in [1.54, 1.807) is 0 Å². The number of carbonyl (C=O) groups is 1. The Hall–Kier alpha value is -1.36. The molecule has 14 heavy (non-hydrogen) atoms. The van der Waals surface area contributed by atoms with Crippen molar-refractivity contribution in [3.05, 3.63) is 28.8 Å². The quantitative estimate of drug-likeness (QED) is 0.807. The number of alkyl halides is 2. The third-order valence-corrected chi connectivity index (χ3v) is 1.88. The minimum atomic E-state index is -4.00. The first-order valence-electron chi connectivity index (χ1n) is 3.46. The number of rotatable bonds is 2. The van der Waals surface area contributed by atoms with E-state index in [1.807, 2.05) is 0 Å². The molecule has 3 nitrogen and oxygen atoms in total. The zero-order valence-corrected chi connectivity index (χ0v) is 7.42. The molecular formula is C8H5ClF2O3. The molecule has 0 heterocycles. The standard InChI is InChI=1S/C8H5ClF2O3/c9-5-3-4(1-2-6(5)12)8(10,11)7(13)14/h1-3,12H,(H,13,14). The van der Waals surface area contributed by atoms with Gasteiger partial charge < -0.3 is 10.2 Å². The number of phenolic OH excluding ortho intramolecular Hbond substituents is 1. The van der Waals surface area contributed by atoms with Crippen LogP contribution >= 0.6 is 11.6 Å². The number of halogens is 3. The fourth-order valence-electron chi connectivity index (χ4n) is 0.826. The smallest absolute Gasteiger partial charge is 0.379 e. The van der Waals surface area contributed by atoms with E-state index in [2.05, 4.69) is 0 Å². The van der Waals surface area contributed by atoms with Gasteiger partial charge in [0.05, 0.1) is 5.02 Å². The van der Waals surface area contributed by atoms with E-state index in [-0.39, 0.29) is 10.8 Å². The molecule has 76 valence electrons. The Morgan fingerprint density at radius 1 is 1.43 bits per heavy atom. The van der Waals surface area contributed by atoms with Crippen LogP contribution in [0.3, 0.4) is 0 Å². The van der Waals surface area contributed by atoms with Gasteiger partial charge in [-0.25, -0.2) is 4.79 Å². The third kappa shape index (κ3) is 1.77. The van der Waals surface area contributed by atoms with Crippen molar-refractivity contribution in [2.24, 2.45) is 0 Å². The summed E-state index contributed by atoms with van der Waals surface area (Å²) in [6.45, 7) is 0. The van der Waals surface area contributed by atoms with Crippen molar-refractivity contribution in [2.75, 3.05) is 0 Å². The third-order valence-electron chi connectivity index (χ3n) is 1.58. The van der Waals surface area contributed by atoms with E-state index in [9.17, 15) is 13.6 Å². The topological polar surface area (TPSA) is 57.5 Å². The van der Waals surface area contributed by atoms with Crippen molar-refractivity contribution < 1.29 is 23.8 Å². The highest BCUT2D eigenvalue weighted by Gasteiger charge is 2.41. The van der Waals surface area contributed by atoms with Gasteiger partial charge in [-0.1, -0.05) is 11.6 Å². The molecule has 0 aliphatic rings. The number of carboxylic acids is 1. The molecule has 0 aliphatic heterocycles. The lowest BCUT2D eigenvalue weighted by Gasteiger charge is -2.11. The second-order valence-electron chi connectivity index (χ2n) is 2.55. The molecule has 0 aliphatic carbocycles. The van der Waals surface area contributed by atoms with Crippen LogP contribution in [0.25, 0.3) is 0 Å². The van der Waals surface area contributed by atoms with E-state index in [0.717, 1.165) is 12.1 Å². The highest BCUT2D eigenvalue weighted by molar-refractivity contribution is 6.32. The Morgan fingerprint density at radius 2 is 2.00 bits per heavy atom. The SMILES string of the molecule is O=C(O)C(F)(F)c1ccc(O)c(Cl)c1. The van der Waals surface area contributed by atoms with Crippen LogP contribution in [0.15, 0.2) is 18.2 Å². The zero-order valence-electron chi connectivity index (χ0n) is 6.67. The molecule has 0 amide bonds. The summed E-state index contributed by atoms with van der Waals surface area (Å²) < 4.78 is 25.7. The Balaban J connectivity index is 3.21. The van der Waals surface area contributed by atoms with Crippen LogP contribution < -0.4 is 0 Å². The van der Waals surface area contributed by atoms with E-state index >= 15 is 0 Å². The summed E-state index contributed by atoms with van der Waals surface area (Å²) in [5.74, 6) is -6.65. The first kappa shape index (κ1) is 10.7. The highest BCUT2D eigenvalue weighted by Crippen LogP contribution is 2.33. The molecule has 0 unspecified atom stereocenters. The van der Waals surface area contributed by atoms with Gasteiger partial charge >= 0.3 is 11.9 Å². The predicted molar refractivity (Wildman–Crippen MR) is 44.6 cm³/mol. The number of hydrogen-bond donors (Lipinski definition) is 2. The van der Waals surface area contributed by atoms with Gasteiger partial charge in [-0.05, 0) is 18.2 Å². The van der Waals surface area contributed by atoms with Crippen molar-refractivity contribution in [2.45, 2.75) is 5.92 Å². The molecule has 0 saturated heterocycles. The van der Waals surface area contributed by atoms with Crippen LogP contribution in [0, 0.1) is 0 Å². The zero-order chi connectivity index (χ0) is 10.9. The molecule has 0 aromatic heterocycles. The van der Waals surface area contributed by atoms with Crippen molar-refractivity contribution in [1.82, 2.24) is 0 Å². The Bertz CT molecular complexity index is 379. The van der Waals surface area contributed by atoms with Crippen LogP contribution in [0.4, 0.5) is 8.78 Å².